The number of carbonyl (C=O) groups excluding carboxylic acids is 3. The van der Waals surface area contributed by atoms with Gasteiger partial charge in [0.2, 0.25) is 5.91 Å². The molecule has 28 heavy (non-hydrogen) atoms. The van der Waals surface area contributed by atoms with Crippen molar-refractivity contribution in [3.05, 3.63) is 59.7 Å². The number of ether oxygens (including phenoxy) is 2. The van der Waals surface area contributed by atoms with Crippen LogP contribution in [0.5, 0.6) is 11.5 Å². The molecular formula is C20H21N3O5. The Bertz CT molecular complexity index is 869. The van der Waals surface area contributed by atoms with Crippen molar-refractivity contribution >= 4 is 17.7 Å². The van der Waals surface area contributed by atoms with E-state index in [0.717, 1.165) is 0 Å². The SMILES string of the molecule is CC(CC(=O)NNC(=O)c1ccc2c(c1)OCCO2)NC(=O)c1ccccc1. The number of carbonyl (C=O) groups is 3. The van der Waals surface area contributed by atoms with Gasteiger partial charge in [0.25, 0.3) is 11.8 Å². The van der Waals surface area contributed by atoms with Gasteiger partial charge in [-0.3, -0.25) is 25.2 Å². The van der Waals surface area contributed by atoms with Crippen LogP contribution in [0, 0.1) is 0 Å². The van der Waals surface area contributed by atoms with E-state index in [-0.39, 0.29) is 12.3 Å². The second-order valence-corrected chi connectivity index (χ2v) is 6.31. The van der Waals surface area contributed by atoms with Crippen molar-refractivity contribution in [3.8, 4) is 11.5 Å². The Morgan fingerprint density at radius 3 is 2.36 bits per heavy atom. The first kappa shape index (κ1) is 19.2. The van der Waals surface area contributed by atoms with E-state index in [1.165, 1.54) is 0 Å². The standard InChI is InChI=1S/C20H21N3O5/c1-13(21-19(25)14-5-3-2-4-6-14)11-18(24)22-23-20(26)15-7-8-16-17(12-15)28-10-9-27-16/h2-8,12-13H,9-11H2,1H3,(H,21,25)(H,22,24)(H,23,26). The first-order chi connectivity index (χ1) is 13.5. The third kappa shape index (κ3) is 5.00. The van der Waals surface area contributed by atoms with E-state index in [2.05, 4.69) is 16.2 Å². The molecule has 0 fully saturated rings. The van der Waals surface area contributed by atoms with Crippen LogP contribution >= 0.6 is 0 Å². The number of nitrogens with one attached hydrogen (secondary N) is 3. The lowest BCUT2D eigenvalue weighted by atomic mass is 10.1. The van der Waals surface area contributed by atoms with Crippen LogP contribution in [0.3, 0.4) is 0 Å². The van der Waals surface area contributed by atoms with Crippen molar-refractivity contribution in [2.24, 2.45) is 0 Å². The minimum atomic E-state index is -0.480. The van der Waals surface area contributed by atoms with Crippen LogP contribution < -0.4 is 25.6 Å². The molecule has 1 aliphatic heterocycles. The van der Waals surface area contributed by atoms with Crippen molar-refractivity contribution in [1.29, 1.82) is 0 Å². The van der Waals surface area contributed by atoms with E-state index >= 15 is 0 Å². The number of hydrogen-bond acceptors (Lipinski definition) is 5. The summed E-state index contributed by atoms with van der Waals surface area (Å²) >= 11 is 0. The summed E-state index contributed by atoms with van der Waals surface area (Å²) in [5, 5.41) is 2.74. The maximum atomic E-state index is 12.2. The molecule has 1 unspecified atom stereocenters. The zero-order chi connectivity index (χ0) is 19.9. The number of fused-ring (bicyclic) bond motifs is 1. The number of benzene rings is 2. The fraction of sp³-hybridized carbons (Fsp3) is 0.250. The molecule has 0 saturated heterocycles. The average molecular weight is 383 g/mol. The van der Waals surface area contributed by atoms with Crippen LogP contribution in [0.4, 0.5) is 0 Å². The molecule has 8 heteroatoms. The topological polar surface area (TPSA) is 106 Å². The molecule has 3 rings (SSSR count). The van der Waals surface area contributed by atoms with Crippen molar-refractivity contribution in [2.75, 3.05) is 13.2 Å². The van der Waals surface area contributed by atoms with Crippen LogP contribution in [0.1, 0.15) is 34.1 Å². The molecule has 8 nitrogen and oxygen atoms in total. The predicted molar refractivity (Wildman–Crippen MR) is 101 cm³/mol. The van der Waals surface area contributed by atoms with E-state index in [1.54, 1.807) is 49.4 Å². The zero-order valence-electron chi connectivity index (χ0n) is 15.4. The van der Waals surface area contributed by atoms with Gasteiger partial charge in [-0.15, -0.1) is 0 Å². The Kier molecular flexibility index (Phi) is 6.11. The van der Waals surface area contributed by atoms with E-state index in [4.69, 9.17) is 9.47 Å². The Morgan fingerprint density at radius 2 is 1.61 bits per heavy atom. The molecule has 3 N–H and O–H groups in total. The summed E-state index contributed by atoms with van der Waals surface area (Å²) in [6.07, 6.45) is 0.0139. The Labute approximate surface area is 162 Å². The fourth-order valence-electron chi connectivity index (χ4n) is 2.66. The van der Waals surface area contributed by atoms with Gasteiger partial charge in [-0.1, -0.05) is 18.2 Å². The predicted octanol–water partition coefficient (Wildman–Crippen LogP) is 1.43. The highest BCUT2D eigenvalue weighted by Crippen LogP contribution is 2.30. The van der Waals surface area contributed by atoms with Crippen molar-refractivity contribution in [1.82, 2.24) is 16.2 Å². The molecule has 1 aliphatic rings. The lowest BCUT2D eigenvalue weighted by Crippen LogP contribution is -2.44. The van der Waals surface area contributed by atoms with E-state index in [0.29, 0.717) is 35.8 Å². The maximum absolute atomic E-state index is 12.2. The Hall–Kier alpha value is -3.55. The lowest BCUT2D eigenvalue weighted by Gasteiger charge is -2.18. The molecule has 3 amide bonds. The van der Waals surface area contributed by atoms with Crippen molar-refractivity contribution in [3.63, 3.8) is 0 Å². The van der Waals surface area contributed by atoms with Gasteiger partial charge in [0.05, 0.1) is 0 Å². The molecular weight excluding hydrogens is 362 g/mol. The second kappa shape index (κ2) is 8.90. The molecule has 146 valence electrons. The maximum Gasteiger partial charge on any atom is 0.269 e. The number of amides is 3. The summed E-state index contributed by atoms with van der Waals surface area (Å²) in [6, 6.07) is 13.1. The molecule has 0 bridgehead atoms. The highest BCUT2D eigenvalue weighted by atomic mass is 16.6. The summed E-state index contributed by atoms with van der Waals surface area (Å²) in [4.78, 5) is 36.3. The Morgan fingerprint density at radius 1 is 0.893 bits per heavy atom. The summed E-state index contributed by atoms with van der Waals surface area (Å²) in [7, 11) is 0. The molecule has 0 radical (unpaired) electrons. The van der Waals surface area contributed by atoms with Crippen LogP contribution in [0.15, 0.2) is 48.5 Å². The van der Waals surface area contributed by atoms with Crippen LogP contribution in [0.25, 0.3) is 0 Å². The van der Waals surface area contributed by atoms with Gasteiger partial charge in [0.1, 0.15) is 13.2 Å². The van der Waals surface area contributed by atoms with Crippen LogP contribution in [-0.4, -0.2) is 37.0 Å². The number of hydrazine groups is 1. The molecule has 2 aromatic carbocycles. The fourth-order valence-corrected chi connectivity index (χ4v) is 2.66. The lowest BCUT2D eigenvalue weighted by molar-refractivity contribution is -0.122. The highest BCUT2D eigenvalue weighted by Gasteiger charge is 2.16. The average Bonchev–Trinajstić information content (AvgIpc) is 2.72. The third-order valence-electron chi connectivity index (χ3n) is 4.02. The molecule has 0 spiro atoms. The molecule has 1 heterocycles. The van der Waals surface area contributed by atoms with E-state index < -0.39 is 17.9 Å². The molecule has 0 aromatic heterocycles. The highest BCUT2D eigenvalue weighted by molar-refractivity contribution is 5.96. The quantitative estimate of drug-likeness (QED) is 0.678. The van der Waals surface area contributed by atoms with Gasteiger partial charge < -0.3 is 14.8 Å². The van der Waals surface area contributed by atoms with Gasteiger partial charge >= 0.3 is 0 Å². The van der Waals surface area contributed by atoms with E-state index in [9.17, 15) is 14.4 Å². The second-order valence-electron chi connectivity index (χ2n) is 6.31. The molecule has 2 aromatic rings. The summed E-state index contributed by atoms with van der Waals surface area (Å²) in [5.41, 5.74) is 5.54. The molecule has 1 atom stereocenters. The van der Waals surface area contributed by atoms with Gasteiger partial charge in [-0.2, -0.15) is 0 Å². The third-order valence-corrected chi connectivity index (χ3v) is 4.02. The Balaban J connectivity index is 1.46. The summed E-state index contributed by atoms with van der Waals surface area (Å²) in [5.74, 6) is -0.100. The molecule has 0 saturated carbocycles. The van der Waals surface area contributed by atoms with Gasteiger partial charge in [0, 0.05) is 23.6 Å². The smallest absolute Gasteiger partial charge is 0.269 e. The van der Waals surface area contributed by atoms with Crippen molar-refractivity contribution in [2.45, 2.75) is 19.4 Å². The van der Waals surface area contributed by atoms with Gasteiger partial charge in [-0.25, -0.2) is 0 Å². The van der Waals surface area contributed by atoms with Crippen LogP contribution in [-0.2, 0) is 4.79 Å². The van der Waals surface area contributed by atoms with Gasteiger partial charge in [-0.05, 0) is 37.3 Å². The van der Waals surface area contributed by atoms with Gasteiger partial charge in [0.15, 0.2) is 11.5 Å². The monoisotopic (exact) mass is 383 g/mol. The van der Waals surface area contributed by atoms with E-state index in [1.807, 2.05) is 6.07 Å². The normalized spacial score (nSPS) is 13.2. The largest absolute Gasteiger partial charge is 0.486 e. The number of hydrogen-bond donors (Lipinski definition) is 3. The first-order valence-corrected chi connectivity index (χ1v) is 8.87. The first-order valence-electron chi connectivity index (χ1n) is 8.87. The molecule has 0 aliphatic carbocycles. The minimum Gasteiger partial charge on any atom is -0.486 e. The zero-order valence-corrected chi connectivity index (χ0v) is 15.4. The van der Waals surface area contributed by atoms with Crippen LogP contribution in [0.2, 0.25) is 0 Å². The van der Waals surface area contributed by atoms with Crippen molar-refractivity contribution < 1.29 is 23.9 Å². The summed E-state index contributed by atoms with van der Waals surface area (Å²) in [6.45, 7) is 2.60. The summed E-state index contributed by atoms with van der Waals surface area (Å²) < 4.78 is 10.8. The minimum absolute atomic E-state index is 0.0139. The number of rotatable bonds is 5.